The van der Waals surface area contributed by atoms with Gasteiger partial charge in [0.25, 0.3) is 0 Å². The minimum absolute atomic E-state index is 0.135. The minimum Gasteiger partial charge on any atom is -0.481 e. The van der Waals surface area contributed by atoms with Crippen molar-refractivity contribution in [2.45, 2.75) is 70.9 Å². The van der Waals surface area contributed by atoms with Crippen molar-refractivity contribution in [1.29, 1.82) is 0 Å². The Kier molecular flexibility index (Phi) is 10.6. The Labute approximate surface area is 236 Å². The van der Waals surface area contributed by atoms with Crippen molar-refractivity contribution in [2.75, 3.05) is 13.1 Å². The number of aliphatic carboxylic acids is 1. The molecule has 0 spiro atoms. The van der Waals surface area contributed by atoms with Gasteiger partial charge in [0.05, 0.1) is 17.9 Å². The number of halogens is 2. The molecular weight excluding hydrogens is 547 g/mol. The van der Waals surface area contributed by atoms with E-state index in [0.717, 1.165) is 17.5 Å². The van der Waals surface area contributed by atoms with Crippen LogP contribution in [0.25, 0.3) is 0 Å². The third-order valence-electron chi connectivity index (χ3n) is 7.42. The number of unbranched alkanes of at least 4 members (excludes halogenated alkanes) is 1. The topological polar surface area (TPSA) is 95.0 Å². The second kappa shape index (κ2) is 13.3. The van der Waals surface area contributed by atoms with Crippen molar-refractivity contribution >= 4 is 46.0 Å². The molecule has 4 atom stereocenters. The van der Waals surface area contributed by atoms with E-state index in [2.05, 4.69) is 0 Å². The average molecular weight is 584 g/mol. The molecule has 1 aliphatic heterocycles. The SMILES string of the molecule is CCCCN(CC(CC)N1C(=O)C(C)(CC(=O)O)CC(c2cccc(Cl)c2)C1c1ccc(Cl)cc1)[SH](=O)=O. The maximum atomic E-state index is 14.3. The highest BCUT2D eigenvalue weighted by Crippen LogP contribution is 2.52. The number of amides is 1. The number of benzene rings is 2. The van der Waals surface area contributed by atoms with Crippen LogP contribution in [0.5, 0.6) is 0 Å². The molecule has 1 fully saturated rings. The zero-order valence-corrected chi connectivity index (χ0v) is 24.4. The van der Waals surface area contributed by atoms with Gasteiger partial charge in [0.2, 0.25) is 16.8 Å². The van der Waals surface area contributed by atoms with Crippen LogP contribution in [-0.4, -0.2) is 53.7 Å². The van der Waals surface area contributed by atoms with Crippen molar-refractivity contribution in [3.8, 4) is 0 Å². The molecule has 2 aromatic rings. The van der Waals surface area contributed by atoms with E-state index in [1.54, 1.807) is 30.0 Å². The largest absolute Gasteiger partial charge is 0.481 e. The molecule has 38 heavy (non-hydrogen) atoms. The highest BCUT2D eigenvalue weighted by Gasteiger charge is 2.52. The quantitative estimate of drug-likeness (QED) is 0.302. The predicted molar refractivity (Wildman–Crippen MR) is 151 cm³/mol. The fourth-order valence-corrected chi connectivity index (χ4v) is 6.47. The standard InChI is InChI=1S/C28H36Cl2N2O5S/c1-4-6-14-31(38(36)37)18-23(5-2)32-26(19-10-12-21(29)13-11-19)24(20-8-7-9-22(30)15-20)16-28(3,27(32)35)17-25(33)34/h7-13,15,23-24,26,38H,4-6,14,16-18H2,1-3H3,(H,33,34). The molecule has 4 unspecified atom stereocenters. The Morgan fingerprint density at radius 3 is 2.37 bits per heavy atom. The van der Waals surface area contributed by atoms with E-state index in [0.29, 0.717) is 35.9 Å². The first-order valence-corrected chi connectivity index (χ1v) is 14.8. The molecule has 0 saturated carbocycles. The number of carboxylic acids is 1. The highest BCUT2D eigenvalue weighted by molar-refractivity contribution is 7.69. The molecule has 0 bridgehead atoms. The van der Waals surface area contributed by atoms with E-state index in [1.807, 2.05) is 44.2 Å². The average Bonchev–Trinajstić information content (AvgIpc) is 2.86. The summed E-state index contributed by atoms with van der Waals surface area (Å²) < 4.78 is 25.7. The normalized spacial score (nSPS) is 22.7. The van der Waals surface area contributed by atoms with Crippen LogP contribution < -0.4 is 0 Å². The number of carbonyl (C=O) groups is 2. The highest BCUT2D eigenvalue weighted by atomic mass is 35.5. The number of hydrogen-bond acceptors (Lipinski definition) is 4. The molecular formula is C28H36Cl2N2O5S. The molecule has 0 aliphatic carbocycles. The van der Waals surface area contributed by atoms with Crippen LogP contribution in [0.3, 0.4) is 0 Å². The summed E-state index contributed by atoms with van der Waals surface area (Å²) in [7, 11) is -2.85. The third-order valence-corrected chi connectivity index (χ3v) is 8.73. The third kappa shape index (κ3) is 7.08. The number of carboxylic acid groups (broad SMARTS) is 1. The van der Waals surface area contributed by atoms with Gasteiger partial charge in [-0.3, -0.25) is 9.59 Å². The van der Waals surface area contributed by atoms with Crippen LogP contribution in [-0.2, 0) is 20.5 Å². The zero-order chi connectivity index (χ0) is 28.0. The summed E-state index contributed by atoms with van der Waals surface area (Å²) in [6.45, 7) is 6.11. The molecule has 0 radical (unpaired) electrons. The molecule has 1 N–H and O–H groups in total. The number of piperidine rings is 1. The molecule has 208 valence electrons. The second-order valence-electron chi connectivity index (χ2n) is 10.3. The molecule has 1 saturated heterocycles. The lowest BCUT2D eigenvalue weighted by atomic mass is 9.67. The first-order chi connectivity index (χ1) is 18.0. The lowest BCUT2D eigenvalue weighted by Crippen LogP contribution is -2.58. The maximum Gasteiger partial charge on any atom is 0.304 e. The van der Waals surface area contributed by atoms with E-state index < -0.39 is 34.4 Å². The first kappa shape index (κ1) is 30.4. The van der Waals surface area contributed by atoms with E-state index in [1.165, 1.54) is 4.31 Å². The van der Waals surface area contributed by atoms with Gasteiger partial charge >= 0.3 is 5.97 Å². The van der Waals surface area contributed by atoms with Gasteiger partial charge in [-0.15, -0.1) is 0 Å². The van der Waals surface area contributed by atoms with Gasteiger partial charge in [0.1, 0.15) is 0 Å². The number of nitrogens with zero attached hydrogens (tertiary/aromatic N) is 2. The smallest absolute Gasteiger partial charge is 0.304 e. The van der Waals surface area contributed by atoms with E-state index in [9.17, 15) is 23.1 Å². The summed E-state index contributed by atoms with van der Waals surface area (Å²) in [5.74, 6) is -1.63. The monoisotopic (exact) mass is 582 g/mol. The number of hydrogen-bond donors (Lipinski definition) is 2. The fraction of sp³-hybridized carbons (Fsp3) is 0.500. The molecule has 1 aliphatic rings. The van der Waals surface area contributed by atoms with Crippen LogP contribution in [0.15, 0.2) is 48.5 Å². The van der Waals surface area contributed by atoms with Crippen LogP contribution >= 0.6 is 23.2 Å². The van der Waals surface area contributed by atoms with E-state index in [-0.39, 0.29) is 24.8 Å². The van der Waals surface area contributed by atoms with Gasteiger partial charge in [-0.05, 0) is 54.7 Å². The summed E-state index contributed by atoms with van der Waals surface area (Å²) >= 11 is 12.6. The van der Waals surface area contributed by atoms with Crippen LogP contribution in [0.1, 0.15) is 76.0 Å². The molecule has 10 heteroatoms. The predicted octanol–water partition coefficient (Wildman–Crippen LogP) is 5.94. The fourth-order valence-electron chi connectivity index (χ4n) is 5.52. The van der Waals surface area contributed by atoms with E-state index >= 15 is 0 Å². The van der Waals surface area contributed by atoms with Crippen molar-refractivity contribution < 1.29 is 23.1 Å². The number of likely N-dealkylation sites (tertiary alicyclic amines) is 1. The lowest BCUT2D eigenvalue weighted by molar-refractivity contribution is -0.160. The van der Waals surface area contributed by atoms with Crippen LogP contribution in [0, 0.1) is 5.41 Å². The molecule has 0 aromatic heterocycles. The molecule has 1 heterocycles. The Balaban J connectivity index is 2.21. The van der Waals surface area contributed by atoms with Gasteiger partial charge in [-0.2, -0.15) is 0 Å². The van der Waals surface area contributed by atoms with Gasteiger partial charge in [-0.25, -0.2) is 12.7 Å². The minimum atomic E-state index is -2.85. The van der Waals surface area contributed by atoms with Gasteiger partial charge in [-0.1, -0.05) is 74.7 Å². The summed E-state index contributed by atoms with van der Waals surface area (Å²) in [5, 5.41) is 10.9. The van der Waals surface area contributed by atoms with Crippen molar-refractivity contribution in [2.24, 2.45) is 5.41 Å². The molecule has 1 amide bonds. The van der Waals surface area contributed by atoms with Gasteiger partial charge < -0.3 is 10.0 Å². The van der Waals surface area contributed by atoms with Gasteiger partial charge in [0, 0.05) is 35.1 Å². The van der Waals surface area contributed by atoms with Crippen molar-refractivity contribution in [3.05, 3.63) is 69.7 Å². The maximum absolute atomic E-state index is 14.3. The van der Waals surface area contributed by atoms with Crippen LogP contribution in [0.2, 0.25) is 10.0 Å². The number of rotatable bonds is 12. The van der Waals surface area contributed by atoms with Crippen molar-refractivity contribution in [3.63, 3.8) is 0 Å². The zero-order valence-electron chi connectivity index (χ0n) is 22.0. The Morgan fingerprint density at radius 2 is 1.82 bits per heavy atom. The number of thiol groups is 1. The van der Waals surface area contributed by atoms with Crippen molar-refractivity contribution in [1.82, 2.24) is 9.21 Å². The lowest BCUT2D eigenvalue weighted by Gasteiger charge is -2.52. The Bertz CT molecular complexity index is 1200. The van der Waals surface area contributed by atoms with E-state index in [4.69, 9.17) is 23.2 Å². The van der Waals surface area contributed by atoms with Gasteiger partial charge in [0.15, 0.2) is 0 Å². The Morgan fingerprint density at radius 1 is 1.13 bits per heavy atom. The molecule has 7 nitrogen and oxygen atoms in total. The number of carbonyl (C=O) groups excluding carboxylic acids is 1. The molecule has 2 aromatic carbocycles. The summed E-state index contributed by atoms with van der Waals surface area (Å²) in [6, 6.07) is 13.8. The van der Waals surface area contributed by atoms with Crippen LogP contribution in [0.4, 0.5) is 0 Å². The summed E-state index contributed by atoms with van der Waals surface area (Å²) in [6.07, 6.45) is 2.00. The second-order valence-corrected chi connectivity index (χ2v) is 12.2. The summed E-state index contributed by atoms with van der Waals surface area (Å²) in [4.78, 5) is 28.0. The molecule has 3 rings (SSSR count). The summed E-state index contributed by atoms with van der Waals surface area (Å²) in [5.41, 5.74) is 0.539. The first-order valence-electron chi connectivity index (χ1n) is 13.0. The Hall–Kier alpha value is -2.13.